The van der Waals surface area contributed by atoms with Crippen molar-refractivity contribution >= 4 is 29.9 Å². The van der Waals surface area contributed by atoms with Crippen LogP contribution in [-0.4, -0.2) is 52.8 Å². The van der Waals surface area contributed by atoms with Gasteiger partial charge in [-0.25, -0.2) is 0 Å². The second-order valence-electron chi connectivity index (χ2n) is 8.06. The van der Waals surface area contributed by atoms with Crippen molar-refractivity contribution in [3.05, 3.63) is 53.3 Å². The quantitative estimate of drug-likeness (QED) is 0.212. The monoisotopic (exact) mass is 524 g/mol. The molecule has 1 aromatic heterocycles. The Morgan fingerprint density at radius 3 is 2.77 bits per heavy atom. The summed E-state index contributed by atoms with van der Waals surface area (Å²) in [4.78, 5) is 7.39. The largest absolute Gasteiger partial charge is 0.357 e. The molecular formula is C23H37IN6. The molecule has 0 radical (unpaired) electrons. The lowest BCUT2D eigenvalue weighted by atomic mass is 9.97. The molecule has 1 aliphatic rings. The van der Waals surface area contributed by atoms with Crippen LogP contribution in [0.2, 0.25) is 0 Å². The maximum atomic E-state index is 4.80. The highest BCUT2D eigenvalue weighted by Gasteiger charge is 2.25. The molecule has 1 fully saturated rings. The first-order chi connectivity index (χ1) is 14.2. The zero-order valence-corrected chi connectivity index (χ0v) is 20.9. The van der Waals surface area contributed by atoms with E-state index < -0.39 is 0 Å². The molecule has 0 amide bonds. The summed E-state index contributed by atoms with van der Waals surface area (Å²) in [6, 6.07) is 11.8. The van der Waals surface area contributed by atoms with Crippen molar-refractivity contribution in [2.24, 2.45) is 4.99 Å². The predicted octanol–water partition coefficient (Wildman–Crippen LogP) is 3.88. The van der Waals surface area contributed by atoms with Gasteiger partial charge in [0.05, 0.1) is 6.20 Å². The summed E-state index contributed by atoms with van der Waals surface area (Å²) in [7, 11) is 0. The Morgan fingerprint density at radius 2 is 2.10 bits per heavy atom. The number of piperidine rings is 1. The summed E-state index contributed by atoms with van der Waals surface area (Å²) in [5.41, 5.74) is 3.85. The minimum absolute atomic E-state index is 0. The van der Waals surface area contributed by atoms with Crippen LogP contribution < -0.4 is 10.6 Å². The summed E-state index contributed by atoms with van der Waals surface area (Å²) in [5.74, 6) is 0.949. The molecular weight excluding hydrogens is 487 g/mol. The summed E-state index contributed by atoms with van der Waals surface area (Å²) in [6.07, 6.45) is 6.26. The van der Waals surface area contributed by atoms with Crippen molar-refractivity contribution in [3.63, 3.8) is 0 Å². The summed E-state index contributed by atoms with van der Waals surface area (Å²) < 4.78 is 0. The van der Waals surface area contributed by atoms with Crippen molar-refractivity contribution in [2.45, 2.75) is 65.1 Å². The number of guanidine groups is 1. The van der Waals surface area contributed by atoms with Crippen LogP contribution in [0.3, 0.4) is 0 Å². The normalized spacial score (nSPS) is 19.9. The Labute approximate surface area is 198 Å². The van der Waals surface area contributed by atoms with Gasteiger partial charge in [-0.3, -0.25) is 15.0 Å². The zero-order valence-electron chi connectivity index (χ0n) is 18.5. The van der Waals surface area contributed by atoms with E-state index in [-0.39, 0.29) is 24.0 Å². The highest BCUT2D eigenvalue weighted by atomic mass is 127. The van der Waals surface area contributed by atoms with E-state index in [1.807, 2.05) is 6.20 Å². The van der Waals surface area contributed by atoms with Gasteiger partial charge in [0.15, 0.2) is 5.96 Å². The van der Waals surface area contributed by atoms with Crippen LogP contribution in [-0.2, 0) is 13.0 Å². The number of rotatable bonds is 8. The van der Waals surface area contributed by atoms with E-state index in [2.05, 4.69) is 76.8 Å². The number of aryl methyl sites for hydroxylation is 2. The second kappa shape index (κ2) is 12.9. The van der Waals surface area contributed by atoms with E-state index in [0.717, 1.165) is 63.5 Å². The standard InChI is InChI=1S/C23H36N6.HI/c1-4-24-23(25-13-8-11-21-16-26-28-19(21)3)27-22-12-14-29(18(2)15-22)17-20-9-6-5-7-10-20;/h5-7,9-10,16,18,22H,4,8,11-15,17H2,1-3H3,(H,26,28)(H2,24,25,27);1H. The van der Waals surface area contributed by atoms with Gasteiger partial charge in [0.25, 0.3) is 0 Å². The van der Waals surface area contributed by atoms with Crippen LogP contribution in [0, 0.1) is 6.92 Å². The number of aromatic nitrogens is 2. The molecule has 0 saturated carbocycles. The Hall–Kier alpha value is -1.61. The molecule has 2 unspecified atom stereocenters. The number of halogens is 1. The molecule has 1 saturated heterocycles. The average Bonchev–Trinajstić information content (AvgIpc) is 3.13. The van der Waals surface area contributed by atoms with E-state index in [0.29, 0.717) is 12.1 Å². The van der Waals surface area contributed by atoms with E-state index >= 15 is 0 Å². The Kier molecular flexibility index (Phi) is 10.6. The van der Waals surface area contributed by atoms with Gasteiger partial charge in [0.2, 0.25) is 0 Å². The molecule has 0 bridgehead atoms. The highest BCUT2D eigenvalue weighted by Crippen LogP contribution is 2.20. The third kappa shape index (κ3) is 7.58. The van der Waals surface area contributed by atoms with Gasteiger partial charge in [0.1, 0.15) is 0 Å². The molecule has 0 aliphatic carbocycles. The molecule has 30 heavy (non-hydrogen) atoms. The van der Waals surface area contributed by atoms with Crippen LogP contribution in [0.5, 0.6) is 0 Å². The van der Waals surface area contributed by atoms with Gasteiger partial charge in [-0.05, 0) is 57.6 Å². The number of aromatic amines is 1. The number of H-pyrrole nitrogens is 1. The number of nitrogens with zero attached hydrogens (tertiary/aromatic N) is 3. The fraction of sp³-hybridized carbons (Fsp3) is 0.565. The molecule has 6 nitrogen and oxygen atoms in total. The first-order valence-corrected chi connectivity index (χ1v) is 11.0. The smallest absolute Gasteiger partial charge is 0.191 e. The Bertz CT molecular complexity index is 760. The maximum Gasteiger partial charge on any atom is 0.191 e. The van der Waals surface area contributed by atoms with Gasteiger partial charge in [-0.15, -0.1) is 24.0 Å². The molecule has 0 spiro atoms. The number of hydrogen-bond acceptors (Lipinski definition) is 3. The fourth-order valence-corrected chi connectivity index (χ4v) is 4.01. The summed E-state index contributed by atoms with van der Waals surface area (Å²) >= 11 is 0. The van der Waals surface area contributed by atoms with Gasteiger partial charge in [0, 0.05) is 44.0 Å². The van der Waals surface area contributed by atoms with Crippen molar-refractivity contribution in [1.29, 1.82) is 0 Å². The predicted molar refractivity (Wildman–Crippen MR) is 136 cm³/mol. The maximum absolute atomic E-state index is 4.80. The lowest BCUT2D eigenvalue weighted by Gasteiger charge is -2.38. The van der Waals surface area contributed by atoms with Crippen LogP contribution in [0.15, 0.2) is 41.5 Å². The van der Waals surface area contributed by atoms with Gasteiger partial charge in [-0.1, -0.05) is 30.3 Å². The van der Waals surface area contributed by atoms with E-state index in [4.69, 9.17) is 4.99 Å². The highest BCUT2D eigenvalue weighted by molar-refractivity contribution is 14.0. The SMILES string of the molecule is CCNC(=NCCCc1cn[nH]c1C)NC1CCN(Cc2ccccc2)C(C)C1.I. The van der Waals surface area contributed by atoms with E-state index in [1.165, 1.54) is 11.1 Å². The van der Waals surface area contributed by atoms with Crippen LogP contribution >= 0.6 is 24.0 Å². The molecule has 1 aromatic carbocycles. The molecule has 1 aliphatic heterocycles. The van der Waals surface area contributed by atoms with Crippen molar-refractivity contribution in [2.75, 3.05) is 19.6 Å². The lowest BCUT2D eigenvalue weighted by molar-refractivity contribution is 0.134. The molecule has 2 aromatic rings. The van der Waals surface area contributed by atoms with Crippen molar-refractivity contribution < 1.29 is 0 Å². The average molecular weight is 524 g/mol. The minimum atomic E-state index is 0. The van der Waals surface area contributed by atoms with E-state index in [1.54, 1.807) is 0 Å². The first-order valence-electron chi connectivity index (χ1n) is 11.0. The van der Waals surface area contributed by atoms with Gasteiger partial charge in [-0.2, -0.15) is 5.10 Å². The first kappa shape index (κ1) is 24.7. The molecule has 2 atom stereocenters. The third-order valence-electron chi connectivity index (χ3n) is 5.74. The number of likely N-dealkylation sites (tertiary alicyclic amines) is 1. The Morgan fingerprint density at radius 1 is 1.30 bits per heavy atom. The van der Waals surface area contributed by atoms with Crippen LogP contribution in [0.4, 0.5) is 0 Å². The minimum Gasteiger partial charge on any atom is -0.357 e. The van der Waals surface area contributed by atoms with Gasteiger partial charge < -0.3 is 10.6 Å². The van der Waals surface area contributed by atoms with Crippen LogP contribution in [0.1, 0.15) is 49.9 Å². The van der Waals surface area contributed by atoms with Crippen LogP contribution in [0.25, 0.3) is 0 Å². The number of nitrogens with one attached hydrogen (secondary N) is 3. The Balaban J connectivity index is 0.00000320. The number of hydrogen-bond donors (Lipinski definition) is 3. The molecule has 166 valence electrons. The number of benzene rings is 1. The van der Waals surface area contributed by atoms with Crippen molar-refractivity contribution in [3.8, 4) is 0 Å². The molecule has 3 N–H and O–H groups in total. The molecule has 7 heteroatoms. The fourth-order valence-electron chi connectivity index (χ4n) is 4.01. The third-order valence-corrected chi connectivity index (χ3v) is 5.74. The molecule has 3 rings (SSSR count). The van der Waals surface area contributed by atoms with Crippen molar-refractivity contribution in [1.82, 2.24) is 25.7 Å². The topological polar surface area (TPSA) is 68.3 Å². The number of aliphatic imine (C=N–C) groups is 1. The van der Waals surface area contributed by atoms with Gasteiger partial charge >= 0.3 is 0 Å². The summed E-state index contributed by atoms with van der Waals surface area (Å²) in [5, 5.41) is 14.2. The zero-order chi connectivity index (χ0) is 20.5. The summed E-state index contributed by atoms with van der Waals surface area (Å²) in [6.45, 7) is 10.4. The molecule has 2 heterocycles. The second-order valence-corrected chi connectivity index (χ2v) is 8.06. The van der Waals surface area contributed by atoms with E-state index in [9.17, 15) is 0 Å². The lowest BCUT2D eigenvalue weighted by Crippen LogP contribution is -2.51.